The zero-order valence-electron chi connectivity index (χ0n) is 17.6. The number of pyridine rings is 1. The fourth-order valence-corrected chi connectivity index (χ4v) is 4.34. The van der Waals surface area contributed by atoms with Crippen LogP contribution in [0.2, 0.25) is 10.2 Å². The maximum absolute atomic E-state index is 13.5. The number of rotatable bonds is 5. The first-order chi connectivity index (χ1) is 14.9. The number of benzene rings is 1. The zero-order chi connectivity index (χ0) is 22.1. The molecule has 0 radical (unpaired) electrons. The van der Waals surface area contributed by atoms with Crippen LogP contribution in [0.1, 0.15) is 43.4 Å². The molecule has 1 aliphatic rings. The Hall–Kier alpha value is -2.63. The fourth-order valence-electron chi connectivity index (χ4n) is 3.95. The predicted octanol–water partition coefficient (Wildman–Crippen LogP) is 6.13. The molecule has 0 aliphatic carbocycles. The molecular formula is C24H23Cl2N3O2. The molecule has 0 fully saturated rings. The number of ether oxygens (including phenoxy) is 1. The SMILES string of the molecule is C/C=C(/C(=O)C1COc2ccc(Cl)cc2C1)c1cnc(-c2cn[nH]c2Cl)cc1C(C)C. The van der Waals surface area contributed by atoms with Gasteiger partial charge in [-0.25, -0.2) is 0 Å². The molecule has 2 aromatic heterocycles. The Labute approximate surface area is 191 Å². The largest absolute Gasteiger partial charge is 0.493 e. The number of H-pyrrole nitrogens is 1. The number of fused-ring (bicyclic) bond motifs is 1. The van der Waals surface area contributed by atoms with Crippen molar-refractivity contribution < 1.29 is 9.53 Å². The Balaban J connectivity index is 1.67. The number of hydrogen-bond acceptors (Lipinski definition) is 4. The maximum Gasteiger partial charge on any atom is 0.170 e. The lowest BCUT2D eigenvalue weighted by molar-refractivity contribution is -0.118. The molecule has 1 atom stereocenters. The van der Waals surface area contributed by atoms with Gasteiger partial charge >= 0.3 is 0 Å². The second kappa shape index (κ2) is 8.85. The van der Waals surface area contributed by atoms with Gasteiger partial charge in [0, 0.05) is 22.4 Å². The molecular weight excluding hydrogens is 433 g/mol. The van der Waals surface area contributed by atoms with E-state index in [0.717, 1.165) is 33.7 Å². The summed E-state index contributed by atoms with van der Waals surface area (Å²) in [6.07, 6.45) is 5.87. The van der Waals surface area contributed by atoms with Gasteiger partial charge in [-0.1, -0.05) is 43.1 Å². The van der Waals surface area contributed by atoms with Gasteiger partial charge < -0.3 is 4.74 Å². The molecule has 1 unspecified atom stereocenters. The van der Waals surface area contributed by atoms with E-state index in [1.165, 1.54) is 0 Å². The second-order valence-electron chi connectivity index (χ2n) is 7.94. The van der Waals surface area contributed by atoms with Crippen molar-refractivity contribution in [3.63, 3.8) is 0 Å². The van der Waals surface area contributed by atoms with Crippen LogP contribution in [0, 0.1) is 5.92 Å². The zero-order valence-corrected chi connectivity index (χ0v) is 19.1. The average molecular weight is 456 g/mol. The number of aromatic amines is 1. The number of ketones is 1. The third-order valence-corrected chi connectivity index (χ3v) is 6.09. The van der Waals surface area contributed by atoms with Crippen LogP contribution >= 0.6 is 23.2 Å². The van der Waals surface area contributed by atoms with Crippen LogP contribution in [0.3, 0.4) is 0 Å². The number of hydrogen-bond donors (Lipinski definition) is 1. The summed E-state index contributed by atoms with van der Waals surface area (Å²) in [5.41, 5.74) is 4.93. The van der Waals surface area contributed by atoms with E-state index < -0.39 is 0 Å². The number of nitrogens with one attached hydrogen (secondary N) is 1. The minimum atomic E-state index is -0.278. The Morgan fingerprint density at radius 1 is 1.26 bits per heavy atom. The summed E-state index contributed by atoms with van der Waals surface area (Å²) in [4.78, 5) is 18.1. The lowest BCUT2D eigenvalue weighted by Gasteiger charge is -2.26. The summed E-state index contributed by atoms with van der Waals surface area (Å²) in [6.45, 7) is 6.42. The summed E-state index contributed by atoms with van der Waals surface area (Å²) in [7, 11) is 0. The van der Waals surface area contributed by atoms with Gasteiger partial charge in [-0.05, 0) is 54.7 Å². The van der Waals surface area contributed by atoms with Crippen molar-refractivity contribution >= 4 is 34.6 Å². The van der Waals surface area contributed by atoms with Crippen LogP contribution < -0.4 is 4.74 Å². The van der Waals surface area contributed by atoms with Gasteiger partial charge in [-0.2, -0.15) is 5.10 Å². The molecule has 0 bridgehead atoms. The molecule has 7 heteroatoms. The highest BCUT2D eigenvalue weighted by atomic mass is 35.5. The summed E-state index contributed by atoms with van der Waals surface area (Å²) in [5.74, 6) is 0.750. The van der Waals surface area contributed by atoms with Gasteiger partial charge in [-0.3, -0.25) is 14.9 Å². The number of carbonyl (C=O) groups excluding carboxylic acids is 1. The smallest absolute Gasteiger partial charge is 0.170 e. The van der Waals surface area contributed by atoms with Gasteiger partial charge in [-0.15, -0.1) is 0 Å². The second-order valence-corrected chi connectivity index (χ2v) is 8.75. The van der Waals surface area contributed by atoms with E-state index in [0.29, 0.717) is 28.8 Å². The number of halogens is 2. The normalized spacial score (nSPS) is 16.2. The Morgan fingerprint density at radius 2 is 2.06 bits per heavy atom. The van der Waals surface area contributed by atoms with E-state index in [1.807, 2.05) is 31.2 Å². The average Bonchev–Trinajstić information content (AvgIpc) is 3.19. The number of carbonyl (C=O) groups is 1. The van der Waals surface area contributed by atoms with Crippen molar-refractivity contribution in [1.82, 2.24) is 15.2 Å². The van der Waals surface area contributed by atoms with Gasteiger partial charge in [0.2, 0.25) is 0 Å². The first-order valence-electron chi connectivity index (χ1n) is 10.2. The summed E-state index contributed by atoms with van der Waals surface area (Å²) in [5, 5.41) is 7.78. The van der Waals surface area contributed by atoms with E-state index in [9.17, 15) is 4.79 Å². The number of Topliss-reactive ketones (excluding diaryl/α,β-unsaturated/α-hetero) is 1. The number of allylic oxidation sites excluding steroid dienone is 2. The van der Waals surface area contributed by atoms with Crippen molar-refractivity contribution in [1.29, 1.82) is 0 Å². The molecule has 160 valence electrons. The van der Waals surface area contributed by atoms with Crippen LogP contribution in [-0.2, 0) is 11.2 Å². The maximum atomic E-state index is 13.5. The van der Waals surface area contributed by atoms with Crippen molar-refractivity contribution in [2.24, 2.45) is 5.92 Å². The molecule has 1 aliphatic heterocycles. The van der Waals surface area contributed by atoms with Gasteiger partial charge in [0.25, 0.3) is 0 Å². The first-order valence-corrected chi connectivity index (χ1v) is 11.0. The highest BCUT2D eigenvalue weighted by Gasteiger charge is 2.30. The quantitative estimate of drug-likeness (QED) is 0.470. The van der Waals surface area contributed by atoms with Crippen LogP contribution in [0.25, 0.3) is 16.8 Å². The Kier molecular flexibility index (Phi) is 6.17. The molecule has 5 nitrogen and oxygen atoms in total. The summed E-state index contributed by atoms with van der Waals surface area (Å²) >= 11 is 12.3. The summed E-state index contributed by atoms with van der Waals surface area (Å²) < 4.78 is 5.85. The van der Waals surface area contributed by atoms with E-state index in [2.05, 4.69) is 29.0 Å². The molecule has 1 aromatic carbocycles. The summed E-state index contributed by atoms with van der Waals surface area (Å²) in [6, 6.07) is 7.51. The minimum Gasteiger partial charge on any atom is -0.493 e. The lowest BCUT2D eigenvalue weighted by Crippen LogP contribution is -2.29. The number of aromatic nitrogens is 3. The Bertz CT molecular complexity index is 1170. The fraction of sp³-hybridized carbons (Fsp3) is 0.292. The third-order valence-electron chi connectivity index (χ3n) is 5.57. The molecule has 3 heterocycles. The van der Waals surface area contributed by atoms with Gasteiger partial charge in [0.1, 0.15) is 10.9 Å². The first kappa shape index (κ1) is 21.6. The van der Waals surface area contributed by atoms with Gasteiger partial charge in [0.05, 0.1) is 30.0 Å². The van der Waals surface area contributed by atoms with Crippen LogP contribution in [-0.4, -0.2) is 27.6 Å². The van der Waals surface area contributed by atoms with Crippen molar-refractivity contribution in [2.75, 3.05) is 6.61 Å². The third kappa shape index (κ3) is 4.25. The molecule has 0 amide bonds. The lowest BCUT2D eigenvalue weighted by atomic mass is 9.84. The standard InChI is InChI=1S/C24H23Cl2N3O2/c1-4-17(23(30)15-7-14-8-16(25)5-6-22(14)31-12-15)19-10-27-21(9-18(19)13(2)3)20-11-28-29-24(20)26/h4-6,8-11,13,15H,7,12H2,1-3H3,(H,28,29)/b17-4+. The molecule has 0 saturated carbocycles. The number of nitrogens with zero attached hydrogens (tertiary/aromatic N) is 2. The van der Waals surface area contributed by atoms with Crippen LogP contribution in [0.5, 0.6) is 5.75 Å². The van der Waals surface area contributed by atoms with E-state index >= 15 is 0 Å². The van der Waals surface area contributed by atoms with Crippen molar-refractivity contribution in [2.45, 2.75) is 33.1 Å². The molecule has 0 saturated heterocycles. The van der Waals surface area contributed by atoms with E-state index in [4.69, 9.17) is 27.9 Å². The van der Waals surface area contributed by atoms with Gasteiger partial charge in [0.15, 0.2) is 5.78 Å². The topological polar surface area (TPSA) is 67.9 Å². The van der Waals surface area contributed by atoms with E-state index in [1.54, 1.807) is 18.5 Å². The van der Waals surface area contributed by atoms with Crippen molar-refractivity contribution in [3.05, 3.63) is 69.6 Å². The molecule has 3 aromatic rings. The molecule has 31 heavy (non-hydrogen) atoms. The molecule has 0 spiro atoms. The predicted molar refractivity (Wildman–Crippen MR) is 124 cm³/mol. The van der Waals surface area contributed by atoms with Crippen LogP contribution in [0.15, 0.2) is 42.7 Å². The van der Waals surface area contributed by atoms with E-state index in [-0.39, 0.29) is 17.6 Å². The highest BCUT2D eigenvalue weighted by molar-refractivity contribution is 6.32. The molecule has 1 N–H and O–H groups in total. The minimum absolute atomic E-state index is 0.0471. The Morgan fingerprint density at radius 3 is 2.74 bits per heavy atom. The highest BCUT2D eigenvalue weighted by Crippen LogP contribution is 2.35. The monoisotopic (exact) mass is 455 g/mol. The molecule has 4 rings (SSSR count). The van der Waals surface area contributed by atoms with Crippen LogP contribution in [0.4, 0.5) is 0 Å². The van der Waals surface area contributed by atoms with Crippen molar-refractivity contribution in [3.8, 4) is 17.0 Å².